The molecule has 0 radical (unpaired) electrons. The molecule has 4 amide bonds. The van der Waals surface area contributed by atoms with Gasteiger partial charge in [0.25, 0.3) is 11.8 Å². The van der Waals surface area contributed by atoms with E-state index in [1.165, 1.54) is 6.42 Å². The molecule has 1 unspecified atom stereocenters. The summed E-state index contributed by atoms with van der Waals surface area (Å²) in [5, 5.41) is 5.70. The molecule has 0 spiro atoms. The molecule has 4 rings (SSSR count). The second-order valence-electron chi connectivity index (χ2n) is 8.12. The fraction of sp³-hybridized carbons (Fsp3) is 0.524. The molecular weight excluding hydrogens is 372 g/mol. The Kier molecular flexibility index (Phi) is 5.47. The molecule has 1 aliphatic carbocycles. The molecule has 2 fully saturated rings. The van der Waals surface area contributed by atoms with Crippen LogP contribution in [0.5, 0.6) is 0 Å². The highest BCUT2D eigenvalue weighted by molar-refractivity contribution is 6.23. The van der Waals surface area contributed by atoms with Gasteiger partial charge in [-0.1, -0.05) is 25.3 Å². The van der Waals surface area contributed by atoms with Gasteiger partial charge in [-0.15, -0.1) is 0 Å². The van der Waals surface area contributed by atoms with Crippen molar-refractivity contribution in [2.24, 2.45) is 5.73 Å². The number of benzene rings is 1. The molecule has 154 valence electrons. The first-order valence-electron chi connectivity index (χ1n) is 10.3. The van der Waals surface area contributed by atoms with Crippen molar-refractivity contribution in [1.82, 2.24) is 15.5 Å². The van der Waals surface area contributed by atoms with Crippen LogP contribution in [0.25, 0.3) is 0 Å². The van der Waals surface area contributed by atoms with Crippen molar-refractivity contribution in [3.63, 3.8) is 0 Å². The van der Waals surface area contributed by atoms with Gasteiger partial charge in [0.05, 0.1) is 11.1 Å². The standard InChI is InChI=1S/C21H26N4O4/c22-15-4-2-1-3-5-16(15)23-11-12-6-7-13-14(10-12)21(29)25(20(13)28)17-8-9-18(26)24-19(17)27/h6-7,10,15-17,23H,1-5,8-9,11,22H2,(H,24,26,27)/t15-,16+,17?/m1/s1. The zero-order chi connectivity index (χ0) is 20.5. The predicted molar refractivity (Wildman–Crippen MR) is 105 cm³/mol. The van der Waals surface area contributed by atoms with E-state index in [9.17, 15) is 19.2 Å². The lowest BCUT2D eigenvalue weighted by molar-refractivity contribution is -0.136. The Labute approximate surface area is 169 Å². The normalized spacial score (nSPS) is 27.6. The van der Waals surface area contributed by atoms with Crippen LogP contribution in [0.1, 0.15) is 71.2 Å². The third-order valence-electron chi connectivity index (χ3n) is 6.14. The van der Waals surface area contributed by atoms with E-state index in [4.69, 9.17) is 5.73 Å². The van der Waals surface area contributed by atoms with Gasteiger partial charge in [-0.2, -0.15) is 0 Å². The molecule has 2 aliphatic heterocycles. The monoisotopic (exact) mass is 398 g/mol. The number of nitrogens with two attached hydrogens (primary N) is 1. The minimum atomic E-state index is -0.939. The first-order chi connectivity index (χ1) is 14.0. The van der Waals surface area contributed by atoms with Crippen molar-refractivity contribution in [3.8, 4) is 0 Å². The largest absolute Gasteiger partial charge is 0.326 e. The number of fused-ring (bicyclic) bond motifs is 1. The van der Waals surface area contributed by atoms with Crippen molar-refractivity contribution in [2.75, 3.05) is 0 Å². The summed E-state index contributed by atoms with van der Waals surface area (Å²) in [7, 11) is 0. The van der Waals surface area contributed by atoms with Crippen LogP contribution < -0.4 is 16.4 Å². The first kappa shape index (κ1) is 19.7. The summed E-state index contributed by atoms with van der Waals surface area (Å²) in [6.07, 6.45) is 5.83. The summed E-state index contributed by atoms with van der Waals surface area (Å²) in [4.78, 5) is 50.1. The van der Waals surface area contributed by atoms with Crippen LogP contribution in [-0.2, 0) is 16.1 Å². The van der Waals surface area contributed by atoms with E-state index in [1.54, 1.807) is 12.1 Å². The van der Waals surface area contributed by atoms with Gasteiger partial charge in [0.15, 0.2) is 0 Å². The van der Waals surface area contributed by atoms with Gasteiger partial charge in [0.2, 0.25) is 11.8 Å². The molecule has 2 heterocycles. The molecule has 4 N–H and O–H groups in total. The van der Waals surface area contributed by atoms with Crippen molar-refractivity contribution < 1.29 is 19.2 Å². The number of piperidine rings is 1. The van der Waals surface area contributed by atoms with Gasteiger partial charge < -0.3 is 11.1 Å². The van der Waals surface area contributed by atoms with E-state index in [0.717, 1.165) is 36.1 Å². The van der Waals surface area contributed by atoms with Crippen LogP contribution in [0.3, 0.4) is 0 Å². The summed E-state index contributed by atoms with van der Waals surface area (Å²) >= 11 is 0. The second kappa shape index (κ2) is 8.04. The summed E-state index contributed by atoms with van der Waals surface area (Å²) in [5.74, 6) is -1.94. The Morgan fingerprint density at radius 3 is 2.55 bits per heavy atom. The van der Waals surface area contributed by atoms with Crippen molar-refractivity contribution in [3.05, 3.63) is 34.9 Å². The molecule has 1 aromatic carbocycles. The average molecular weight is 398 g/mol. The highest BCUT2D eigenvalue weighted by Gasteiger charge is 2.44. The van der Waals surface area contributed by atoms with Gasteiger partial charge in [-0.3, -0.25) is 29.4 Å². The third-order valence-corrected chi connectivity index (χ3v) is 6.14. The van der Waals surface area contributed by atoms with E-state index in [2.05, 4.69) is 10.6 Å². The molecular formula is C21H26N4O4. The lowest BCUT2D eigenvalue weighted by Crippen LogP contribution is -2.54. The summed E-state index contributed by atoms with van der Waals surface area (Å²) in [6, 6.07) is 4.61. The quantitative estimate of drug-likeness (QED) is 0.510. The van der Waals surface area contributed by atoms with Gasteiger partial charge in [-0.25, -0.2) is 0 Å². The summed E-state index contributed by atoms with van der Waals surface area (Å²) in [6.45, 7) is 0.561. The molecule has 8 nitrogen and oxygen atoms in total. The fourth-order valence-electron chi connectivity index (χ4n) is 4.47. The van der Waals surface area contributed by atoms with Gasteiger partial charge in [0, 0.05) is 25.0 Å². The smallest absolute Gasteiger partial charge is 0.262 e. The van der Waals surface area contributed by atoms with Crippen LogP contribution in [-0.4, -0.2) is 46.7 Å². The van der Waals surface area contributed by atoms with E-state index >= 15 is 0 Å². The lowest BCUT2D eigenvalue weighted by Gasteiger charge is -2.27. The van der Waals surface area contributed by atoms with Crippen molar-refractivity contribution >= 4 is 23.6 Å². The van der Waals surface area contributed by atoms with Gasteiger partial charge in [-0.05, 0) is 37.0 Å². The van der Waals surface area contributed by atoms with Crippen LogP contribution in [0.2, 0.25) is 0 Å². The minimum Gasteiger partial charge on any atom is -0.326 e. The maximum Gasteiger partial charge on any atom is 0.262 e. The average Bonchev–Trinajstić information content (AvgIpc) is 2.83. The maximum atomic E-state index is 12.9. The maximum absolute atomic E-state index is 12.9. The number of carbonyl (C=O) groups excluding carboxylic acids is 4. The van der Waals surface area contributed by atoms with Crippen LogP contribution in [0.4, 0.5) is 0 Å². The number of rotatable bonds is 4. The Balaban J connectivity index is 1.48. The lowest BCUT2D eigenvalue weighted by atomic mass is 10.0. The highest BCUT2D eigenvalue weighted by Crippen LogP contribution is 2.28. The van der Waals surface area contributed by atoms with E-state index < -0.39 is 23.8 Å². The Bertz CT molecular complexity index is 868. The minimum absolute atomic E-state index is 0.112. The molecule has 0 aromatic heterocycles. The summed E-state index contributed by atoms with van der Waals surface area (Å²) < 4.78 is 0. The predicted octanol–water partition coefficient (Wildman–Crippen LogP) is 0.837. The Hall–Kier alpha value is -2.58. The summed E-state index contributed by atoms with van der Waals surface area (Å²) in [5.41, 5.74) is 7.77. The number of hydrogen-bond acceptors (Lipinski definition) is 6. The van der Waals surface area contributed by atoms with Crippen LogP contribution >= 0.6 is 0 Å². The highest BCUT2D eigenvalue weighted by atomic mass is 16.2. The second-order valence-corrected chi connectivity index (χ2v) is 8.12. The van der Waals surface area contributed by atoms with Crippen molar-refractivity contribution in [1.29, 1.82) is 0 Å². The fourth-order valence-corrected chi connectivity index (χ4v) is 4.47. The van der Waals surface area contributed by atoms with E-state index in [0.29, 0.717) is 17.7 Å². The molecule has 8 heteroatoms. The van der Waals surface area contributed by atoms with Crippen LogP contribution in [0.15, 0.2) is 18.2 Å². The third kappa shape index (κ3) is 3.82. The van der Waals surface area contributed by atoms with Crippen molar-refractivity contribution in [2.45, 2.75) is 69.6 Å². The molecule has 0 bridgehead atoms. The zero-order valence-electron chi connectivity index (χ0n) is 16.3. The van der Waals surface area contributed by atoms with Gasteiger partial charge >= 0.3 is 0 Å². The first-order valence-corrected chi connectivity index (χ1v) is 10.3. The molecule has 1 aromatic rings. The zero-order valence-corrected chi connectivity index (χ0v) is 16.3. The molecule has 3 atom stereocenters. The Morgan fingerprint density at radius 1 is 1.00 bits per heavy atom. The topological polar surface area (TPSA) is 122 Å². The van der Waals surface area contributed by atoms with Crippen LogP contribution in [0, 0.1) is 0 Å². The van der Waals surface area contributed by atoms with E-state index in [-0.39, 0.29) is 30.8 Å². The molecule has 29 heavy (non-hydrogen) atoms. The number of carbonyl (C=O) groups is 4. The number of hydrogen-bond donors (Lipinski definition) is 3. The molecule has 3 aliphatic rings. The number of nitrogens with one attached hydrogen (secondary N) is 2. The number of nitrogens with zero attached hydrogens (tertiary/aromatic N) is 1. The van der Waals surface area contributed by atoms with Gasteiger partial charge in [0.1, 0.15) is 6.04 Å². The number of imide groups is 2. The molecule has 1 saturated carbocycles. The molecule has 1 saturated heterocycles. The number of amides is 4. The SMILES string of the molecule is N[C@@H]1CCCCC[C@@H]1NCc1ccc2c(c1)C(=O)N(C1CCC(=O)NC1=O)C2=O. The van der Waals surface area contributed by atoms with E-state index in [1.807, 2.05) is 6.07 Å². The Morgan fingerprint density at radius 2 is 1.76 bits per heavy atom.